The van der Waals surface area contributed by atoms with Crippen LogP contribution in [0, 0.1) is 0 Å². The van der Waals surface area contributed by atoms with Crippen molar-refractivity contribution >= 4 is 73.4 Å². The van der Waals surface area contributed by atoms with E-state index in [4.69, 9.17) is 28.1 Å². The number of rotatable bonds is 19. The van der Waals surface area contributed by atoms with Crippen molar-refractivity contribution < 1.29 is 141 Å². The summed E-state index contributed by atoms with van der Waals surface area (Å²) in [6.07, 6.45) is -27.3. The third-order valence-electron chi connectivity index (χ3n) is 8.64. The predicted molar refractivity (Wildman–Crippen MR) is 206 cm³/mol. The first kappa shape index (κ1) is 53.9. The second-order valence-electron chi connectivity index (χ2n) is 13.3. The molecule has 2 aromatic carbocycles. The lowest BCUT2D eigenvalue weighted by molar-refractivity contribution is -0.306. The Hall–Kier alpha value is -4.05. The molecule has 0 aliphatic carbocycles. The summed E-state index contributed by atoms with van der Waals surface area (Å²) in [4.78, 5) is 13.1. The quantitative estimate of drug-likeness (QED) is 0.0595. The van der Waals surface area contributed by atoms with Gasteiger partial charge in [0.25, 0.3) is 0 Å². The third kappa shape index (κ3) is 15.0. The summed E-state index contributed by atoms with van der Waals surface area (Å²) in [6.45, 7) is -0.815. The van der Waals surface area contributed by atoms with Gasteiger partial charge in [-0.05, 0) is 25.1 Å². The zero-order chi connectivity index (χ0) is 50.4. The van der Waals surface area contributed by atoms with Crippen LogP contribution in [0.25, 0.3) is 22.3 Å². The SMILES string of the molecule is COc1ccc(-c2cc(=O)c3c(O)cc(O[C@@H]4O[C@H](CO[C@H]5O[C@H](C)[C@@H](OS(=O)(=O)O)[C@H](OS(=O)(=O)O)[C@@H]5OS(=O)(=O)O)[C@@H](OS(=O)(=O)O)[C@H](OS(=O)(=O)O)[C@H]4OS(=O)(=O)O)cc3o2)cc1O. The summed E-state index contributed by atoms with van der Waals surface area (Å²) in [7, 11) is -34.1. The van der Waals surface area contributed by atoms with Crippen molar-refractivity contribution in [2.24, 2.45) is 0 Å². The van der Waals surface area contributed by atoms with Gasteiger partial charge in [0, 0.05) is 23.8 Å². The Balaban J connectivity index is 1.63. The standard InChI is InChI=1S/C28H32O33S6/c1-10-21(56-62(32,33)34)23(58-64(38,39)40)25(60-66(44,45)46)27(52-10)51-9-19-22(57-63(35,36)37)24(59-65(41,42)43)26(61-67(47,48)49)28(55-19)53-12-6-14(30)20-15(31)8-17(54-18(20)7-12)11-3-4-16(50-2)13(29)5-11/h3-8,10,19,21-30H,9H2,1-2H3,(H,32,33,34)(H,35,36,37)(H,38,39,40)(H,41,42,43)(H,44,45,46)(H,47,48,49)/t10-,19-,21-,22-,23+,24+,25+,26-,27+,28-/m1/s1. The molecule has 0 saturated carbocycles. The van der Waals surface area contributed by atoms with Crippen molar-refractivity contribution in [1.82, 2.24) is 0 Å². The minimum atomic E-state index is -6.02. The molecule has 0 spiro atoms. The van der Waals surface area contributed by atoms with Crippen LogP contribution < -0.4 is 14.9 Å². The normalized spacial score (nSPS) is 26.9. The Morgan fingerprint density at radius 1 is 0.567 bits per heavy atom. The number of aromatic hydroxyl groups is 2. The van der Waals surface area contributed by atoms with Crippen LogP contribution in [0.3, 0.4) is 0 Å². The minimum absolute atomic E-state index is 0.0000606. The molecule has 2 aliphatic heterocycles. The van der Waals surface area contributed by atoms with E-state index in [-0.39, 0.29) is 17.1 Å². The van der Waals surface area contributed by atoms with Crippen LogP contribution in [0.5, 0.6) is 23.0 Å². The number of hydrogen-bond donors (Lipinski definition) is 8. The van der Waals surface area contributed by atoms with E-state index in [2.05, 4.69) is 25.1 Å². The van der Waals surface area contributed by atoms with E-state index in [0.29, 0.717) is 6.07 Å². The van der Waals surface area contributed by atoms with Crippen molar-refractivity contribution in [3.63, 3.8) is 0 Å². The van der Waals surface area contributed by atoms with Crippen LogP contribution in [0.4, 0.5) is 0 Å². The molecule has 8 N–H and O–H groups in total. The molecular formula is C28H32O33S6. The van der Waals surface area contributed by atoms with Gasteiger partial charge >= 0.3 is 62.4 Å². The monoisotopic (exact) mass is 1090 g/mol. The Kier molecular flexibility index (Phi) is 15.9. The number of fused-ring (bicyclic) bond motifs is 1. The average molecular weight is 1090 g/mol. The molecule has 33 nitrogen and oxygen atoms in total. The molecule has 0 radical (unpaired) electrons. The minimum Gasteiger partial charge on any atom is -0.507 e. The van der Waals surface area contributed by atoms with Crippen molar-refractivity contribution in [1.29, 1.82) is 0 Å². The Labute approximate surface area is 376 Å². The van der Waals surface area contributed by atoms with E-state index >= 15 is 0 Å². The highest BCUT2D eigenvalue weighted by Gasteiger charge is 2.57. The third-order valence-corrected chi connectivity index (χ3v) is 11.4. The van der Waals surface area contributed by atoms with Crippen LogP contribution in [0.1, 0.15) is 6.92 Å². The van der Waals surface area contributed by atoms with E-state index in [1.54, 1.807) is 0 Å². The molecule has 3 heterocycles. The lowest BCUT2D eigenvalue weighted by Crippen LogP contribution is -2.65. The van der Waals surface area contributed by atoms with E-state index in [9.17, 15) is 92.8 Å². The molecule has 378 valence electrons. The fourth-order valence-electron chi connectivity index (χ4n) is 6.35. The second-order valence-corrected chi connectivity index (χ2v) is 19.6. The Morgan fingerprint density at radius 3 is 1.55 bits per heavy atom. The molecule has 5 rings (SSSR count). The molecule has 2 aliphatic rings. The zero-order valence-electron chi connectivity index (χ0n) is 32.7. The Morgan fingerprint density at radius 2 is 1.04 bits per heavy atom. The summed E-state index contributed by atoms with van der Waals surface area (Å²) < 4.78 is 259. The highest BCUT2D eigenvalue weighted by atomic mass is 32.3. The van der Waals surface area contributed by atoms with Gasteiger partial charge in [-0.2, -0.15) is 50.5 Å². The maximum Gasteiger partial charge on any atom is 0.397 e. The molecular weight excluding hydrogens is 1060 g/mol. The van der Waals surface area contributed by atoms with Crippen molar-refractivity contribution in [2.75, 3.05) is 13.7 Å². The molecule has 67 heavy (non-hydrogen) atoms. The molecule has 0 amide bonds. The summed E-state index contributed by atoms with van der Waals surface area (Å²) in [5, 5.41) is 20.5. The second kappa shape index (κ2) is 19.7. The highest BCUT2D eigenvalue weighted by Crippen LogP contribution is 2.38. The molecule has 39 heteroatoms. The van der Waals surface area contributed by atoms with E-state index < -0.39 is 164 Å². The number of benzene rings is 2. The van der Waals surface area contributed by atoms with Gasteiger partial charge in [-0.1, -0.05) is 0 Å². The lowest BCUT2D eigenvalue weighted by Gasteiger charge is -2.45. The molecule has 2 fully saturated rings. The average Bonchev–Trinajstić information content (AvgIpc) is 3.12. The van der Waals surface area contributed by atoms with Crippen LogP contribution in [-0.4, -0.2) is 163 Å². The van der Waals surface area contributed by atoms with Gasteiger partial charge in [0.1, 0.15) is 58.7 Å². The first-order chi connectivity index (χ1) is 30.5. The van der Waals surface area contributed by atoms with Crippen LogP contribution in [-0.2, 0) is 102 Å². The fraction of sp³-hybridized carbons (Fsp3) is 0.464. The predicted octanol–water partition coefficient (Wildman–Crippen LogP) is -2.13. The molecule has 0 unspecified atom stereocenters. The fourth-order valence-corrected chi connectivity index (χ4v) is 9.37. The first-order valence-corrected chi connectivity index (χ1v) is 25.4. The summed E-state index contributed by atoms with van der Waals surface area (Å²) in [5.41, 5.74) is -1.46. The topological polar surface area (TPSA) is 498 Å². The molecule has 3 aromatic rings. The zero-order valence-corrected chi connectivity index (χ0v) is 37.6. The molecule has 10 atom stereocenters. The first-order valence-electron chi connectivity index (χ1n) is 17.2. The molecule has 2 saturated heterocycles. The van der Waals surface area contributed by atoms with Gasteiger partial charge in [-0.15, -0.1) is 0 Å². The number of ether oxygens (including phenoxy) is 5. The van der Waals surface area contributed by atoms with Crippen molar-refractivity contribution in [3.8, 4) is 34.3 Å². The number of hydrogen-bond acceptors (Lipinski definition) is 27. The maximum atomic E-state index is 13.1. The summed E-state index contributed by atoms with van der Waals surface area (Å²) in [6, 6.07) is 5.95. The van der Waals surface area contributed by atoms with Crippen molar-refractivity contribution in [3.05, 3.63) is 46.6 Å². The largest absolute Gasteiger partial charge is 0.507 e. The maximum absolute atomic E-state index is 13.1. The van der Waals surface area contributed by atoms with Gasteiger partial charge in [0.2, 0.25) is 6.29 Å². The van der Waals surface area contributed by atoms with Crippen LogP contribution in [0.15, 0.2) is 45.6 Å². The highest BCUT2D eigenvalue weighted by molar-refractivity contribution is 7.82. The van der Waals surface area contributed by atoms with Crippen LogP contribution >= 0.6 is 0 Å². The van der Waals surface area contributed by atoms with Crippen LogP contribution in [0.2, 0.25) is 0 Å². The molecule has 1 aromatic heterocycles. The summed E-state index contributed by atoms with van der Waals surface area (Å²) >= 11 is 0. The van der Waals surface area contributed by atoms with E-state index in [1.807, 2.05) is 0 Å². The van der Waals surface area contributed by atoms with Gasteiger partial charge in [0.15, 0.2) is 35.4 Å². The number of methoxy groups -OCH3 is 1. The number of phenolic OH excluding ortho intramolecular Hbond substituents is 2. The lowest BCUT2D eigenvalue weighted by atomic mass is 9.98. The number of phenols is 2. The van der Waals surface area contributed by atoms with E-state index in [0.717, 1.165) is 25.1 Å². The smallest absolute Gasteiger partial charge is 0.397 e. The summed E-state index contributed by atoms with van der Waals surface area (Å²) in [5.74, 6) is -2.48. The van der Waals surface area contributed by atoms with Gasteiger partial charge in [-0.3, -0.25) is 32.1 Å². The Bertz CT molecular complexity index is 3080. The van der Waals surface area contributed by atoms with Gasteiger partial charge in [-0.25, -0.2) is 25.1 Å². The van der Waals surface area contributed by atoms with Gasteiger partial charge in [0.05, 0.1) is 19.8 Å². The van der Waals surface area contributed by atoms with E-state index in [1.165, 1.54) is 19.2 Å². The van der Waals surface area contributed by atoms with Gasteiger partial charge < -0.3 is 38.3 Å². The molecule has 0 bridgehead atoms. The van der Waals surface area contributed by atoms with Crippen molar-refractivity contribution in [2.45, 2.75) is 68.3 Å².